The van der Waals surface area contributed by atoms with Crippen molar-refractivity contribution in [3.63, 3.8) is 0 Å². The summed E-state index contributed by atoms with van der Waals surface area (Å²) in [4.78, 5) is 18.4. The van der Waals surface area contributed by atoms with Crippen molar-refractivity contribution in [1.29, 1.82) is 0 Å². The second-order valence-electron chi connectivity index (χ2n) is 7.78. The number of carbonyl (C=O) groups is 1. The molecule has 0 radical (unpaired) electrons. The van der Waals surface area contributed by atoms with Gasteiger partial charge in [-0.2, -0.15) is 0 Å². The van der Waals surface area contributed by atoms with Gasteiger partial charge in [0.05, 0.1) is 6.04 Å². The molecule has 1 N–H and O–H groups in total. The monoisotopic (exact) mass is 420 g/mol. The number of aliphatic imine (C=N–C) groups is 1. The average molecular weight is 420 g/mol. The molecule has 3 aromatic rings. The molecule has 158 valence electrons. The summed E-state index contributed by atoms with van der Waals surface area (Å²) in [6.07, 6.45) is -0.202. The fourth-order valence-electron chi connectivity index (χ4n) is 4.26. The van der Waals surface area contributed by atoms with Crippen LogP contribution in [0.25, 0.3) is 0 Å². The number of hydrogen-bond donors (Lipinski definition) is 1. The Kier molecular flexibility index (Phi) is 5.55. The quantitative estimate of drug-likeness (QED) is 0.555. The van der Waals surface area contributed by atoms with Crippen LogP contribution >= 0.6 is 0 Å². The summed E-state index contributed by atoms with van der Waals surface area (Å²) in [6, 6.07) is 20.7. The van der Waals surface area contributed by atoms with E-state index in [9.17, 15) is 18.7 Å². The van der Waals surface area contributed by atoms with Crippen LogP contribution in [0.5, 0.6) is 0 Å². The van der Waals surface area contributed by atoms with E-state index in [1.165, 1.54) is 29.2 Å². The fourth-order valence-corrected chi connectivity index (χ4v) is 4.26. The van der Waals surface area contributed by atoms with E-state index in [-0.39, 0.29) is 0 Å². The van der Waals surface area contributed by atoms with Crippen LogP contribution in [0.2, 0.25) is 0 Å². The SMILES string of the molecule is CC1(c2cccc(F)c2)N=C(CCc2ccccc2)N(C(=O)O)C1c1cccc(F)c1. The third kappa shape index (κ3) is 4.06. The molecule has 3 aromatic carbocycles. The number of hydrogen-bond acceptors (Lipinski definition) is 2. The highest BCUT2D eigenvalue weighted by atomic mass is 19.1. The minimum Gasteiger partial charge on any atom is -0.465 e. The highest BCUT2D eigenvalue weighted by Gasteiger charge is 2.50. The Labute approximate surface area is 179 Å². The van der Waals surface area contributed by atoms with Crippen molar-refractivity contribution in [2.75, 3.05) is 0 Å². The summed E-state index contributed by atoms with van der Waals surface area (Å²) in [6.45, 7) is 1.77. The van der Waals surface area contributed by atoms with E-state index in [4.69, 9.17) is 4.99 Å². The lowest BCUT2D eigenvalue weighted by atomic mass is 9.81. The Balaban J connectivity index is 1.81. The Morgan fingerprint density at radius 2 is 1.65 bits per heavy atom. The average Bonchev–Trinajstić information content (AvgIpc) is 3.07. The lowest BCUT2D eigenvalue weighted by molar-refractivity contribution is 0.146. The predicted molar refractivity (Wildman–Crippen MR) is 115 cm³/mol. The van der Waals surface area contributed by atoms with Gasteiger partial charge in [0.1, 0.15) is 23.0 Å². The molecule has 4 rings (SSSR count). The maximum Gasteiger partial charge on any atom is 0.413 e. The molecular weight excluding hydrogens is 398 g/mol. The maximum atomic E-state index is 14.1. The molecule has 1 aliphatic heterocycles. The summed E-state index contributed by atoms with van der Waals surface area (Å²) in [7, 11) is 0. The number of benzene rings is 3. The first kappa shape index (κ1) is 20.7. The predicted octanol–water partition coefficient (Wildman–Crippen LogP) is 5.95. The first-order valence-electron chi connectivity index (χ1n) is 10.0. The second-order valence-corrected chi connectivity index (χ2v) is 7.78. The Morgan fingerprint density at radius 3 is 2.29 bits per heavy atom. The summed E-state index contributed by atoms with van der Waals surface area (Å²) in [5, 5.41) is 10.1. The third-order valence-electron chi connectivity index (χ3n) is 5.69. The van der Waals surface area contributed by atoms with E-state index in [0.717, 1.165) is 5.56 Å². The summed E-state index contributed by atoms with van der Waals surface area (Å²) in [5.74, 6) is -0.536. The van der Waals surface area contributed by atoms with Gasteiger partial charge in [-0.15, -0.1) is 0 Å². The summed E-state index contributed by atoms with van der Waals surface area (Å²) in [5.41, 5.74) is 0.938. The summed E-state index contributed by atoms with van der Waals surface area (Å²) >= 11 is 0. The number of rotatable bonds is 5. The van der Waals surface area contributed by atoms with Crippen molar-refractivity contribution in [2.24, 2.45) is 4.99 Å². The number of amidine groups is 1. The normalized spacial score (nSPS) is 20.5. The fraction of sp³-hybridized carbons (Fsp3) is 0.200. The molecule has 0 spiro atoms. The van der Waals surface area contributed by atoms with Gasteiger partial charge in [0, 0.05) is 6.42 Å². The molecule has 4 nitrogen and oxygen atoms in total. The maximum absolute atomic E-state index is 14.1. The molecule has 0 bridgehead atoms. The molecule has 0 saturated heterocycles. The number of aryl methyl sites for hydroxylation is 1. The lowest BCUT2D eigenvalue weighted by Gasteiger charge is -2.34. The zero-order valence-electron chi connectivity index (χ0n) is 17.0. The number of nitrogens with zero attached hydrogens (tertiary/aromatic N) is 2. The van der Waals surface area contributed by atoms with E-state index in [0.29, 0.717) is 29.8 Å². The van der Waals surface area contributed by atoms with Crippen LogP contribution in [0.15, 0.2) is 83.9 Å². The van der Waals surface area contributed by atoms with Crippen LogP contribution in [0.3, 0.4) is 0 Å². The molecule has 0 aromatic heterocycles. The van der Waals surface area contributed by atoms with Crippen LogP contribution in [0.1, 0.15) is 36.1 Å². The standard InChI is InChI=1S/C25H22F2N2O2/c1-25(19-10-6-12-21(27)16-19)23(18-9-5-11-20(26)15-18)29(24(30)31)22(28-25)14-13-17-7-3-2-4-8-17/h2-12,15-16,23H,13-14H2,1H3,(H,30,31). The van der Waals surface area contributed by atoms with E-state index < -0.39 is 29.3 Å². The molecule has 0 fully saturated rings. The molecule has 1 heterocycles. The first-order chi connectivity index (χ1) is 14.9. The van der Waals surface area contributed by atoms with Gasteiger partial charge in [-0.3, -0.25) is 9.89 Å². The zero-order chi connectivity index (χ0) is 22.0. The number of carboxylic acid groups (broad SMARTS) is 1. The van der Waals surface area contributed by atoms with Crippen molar-refractivity contribution in [1.82, 2.24) is 4.90 Å². The van der Waals surface area contributed by atoms with E-state index in [1.54, 1.807) is 31.2 Å². The molecule has 0 aliphatic carbocycles. The van der Waals surface area contributed by atoms with Crippen LogP contribution in [-0.2, 0) is 12.0 Å². The molecule has 6 heteroatoms. The van der Waals surface area contributed by atoms with E-state index >= 15 is 0 Å². The van der Waals surface area contributed by atoms with Gasteiger partial charge in [0.15, 0.2) is 0 Å². The van der Waals surface area contributed by atoms with Gasteiger partial charge >= 0.3 is 6.09 Å². The van der Waals surface area contributed by atoms with Crippen molar-refractivity contribution in [3.05, 3.63) is 107 Å². The molecular formula is C25H22F2N2O2. The molecule has 1 aliphatic rings. The Bertz CT molecular complexity index is 1130. The van der Waals surface area contributed by atoms with Crippen LogP contribution in [-0.4, -0.2) is 21.9 Å². The largest absolute Gasteiger partial charge is 0.465 e. The van der Waals surface area contributed by atoms with Gasteiger partial charge in [-0.05, 0) is 54.3 Å². The van der Waals surface area contributed by atoms with Crippen LogP contribution in [0, 0.1) is 11.6 Å². The van der Waals surface area contributed by atoms with Gasteiger partial charge < -0.3 is 5.11 Å². The first-order valence-corrected chi connectivity index (χ1v) is 10.0. The molecule has 31 heavy (non-hydrogen) atoms. The molecule has 0 saturated carbocycles. The van der Waals surface area contributed by atoms with Gasteiger partial charge in [0.2, 0.25) is 0 Å². The Hall–Kier alpha value is -3.54. The van der Waals surface area contributed by atoms with E-state index in [1.807, 2.05) is 30.3 Å². The number of amides is 1. The molecule has 2 unspecified atom stereocenters. The lowest BCUT2D eigenvalue weighted by Crippen LogP contribution is -2.40. The van der Waals surface area contributed by atoms with Crippen molar-refractivity contribution in [2.45, 2.75) is 31.3 Å². The van der Waals surface area contributed by atoms with Crippen molar-refractivity contribution in [3.8, 4) is 0 Å². The summed E-state index contributed by atoms with van der Waals surface area (Å²) < 4.78 is 28.1. The van der Waals surface area contributed by atoms with Crippen molar-refractivity contribution >= 4 is 11.9 Å². The minimum atomic E-state index is -1.18. The van der Waals surface area contributed by atoms with Gasteiger partial charge in [0.25, 0.3) is 0 Å². The van der Waals surface area contributed by atoms with Crippen molar-refractivity contribution < 1.29 is 18.7 Å². The van der Waals surface area contributed by atoms with Crippen LogP contribution < -0.4 is 0 Å². The molecule has 1 amide bonds. The topological polar surface area (TPSA) is 52.9 Å². The number of halogens is 2. The third-order valence-corrected chi connectivity index (χ3v) is 5.69. The Morgan fingerprint density at radius 1 is 0.968 bits per heavy atom. The highest BCUT2D eigenvalue weighted by Crippen LogP contribution is 2.48. The second kappa shape index (κ2) is 8.30. The van der Waals surface area contributed by atoms with Crippen LogP contribution in [0.4, 0.5) is 13.6 Å². The van der Waals surface area contributed by atoms with Gasteiger partial charge in [-0.1, -0.05) is 54.6 Å². The van der Waals surface area contributed by atoms with Gasteiger partial charge in [-0.25, -0.2) is 13.6 Å². The minimum absolute atomic E-state index is 0.373. The zero-order valence-corrected chi connectivity index (χ0v) is 17.0. The molecule has 2 atom stereocenters. The highest BCUT2D eigenvalue weighted by molar-refractivity contribution is 5.97. The van der Waals surface area contributed by atoms with E-state index in [2.05, 4.69) is 0 Å². The smallest absolute Gasteiger partial charge is 0.413 e.